The summed E-state index contributed by atoms with van der Waals surface area (Å²) in [6, 6.07) is 8.00. The molecule has 0 heterocycles. The Balaban J connectivity index is 2.14. The highest BCUT2D eigenvalue weighted by Gasteiger charge is 2.33. The number of hydrogen-bond acceptors (Lipinski definition) is 4. The summed E-state index contributed by atoms with van der Waals surface area (Å²) in [5.74, 6) is -0.351. The van der Waals surface area contributed by atoms with Crippen molar-refractivity contribution in [2.24, 2.45) is 0 Å². The third-order valence-electron chi connectivity index (χ3n) is 4.14. The van der Waals surface area contributed by atoms with Crippen LogP contribution < -0.4 is 10.0 Å². The molecule has 6 nitrogen and oxygen atoms in total. The quantitative estimate of drug-likeness (QED) is 0.859. The fourth-order valence-corrected chi connectivity index (χ4v) is 4.38. The average Bonchev–Trinajstić information content (AvgIpc) is 2.53. The molecule has 1 fully saturated rings. The summed E-state index contributed by atoms with van der Waals surface area (Å²) in [5, 5.41) is 12.3. The van der Waals surface area contributed by atoms with Crippen LogP contribution in [-0.2, 0) is 10.0 Å². The van der Waals surface area contributed by atoms with Crippen LogP contribution in [0, 0.1) is 11.3 Å². The molecular weight excluding hydrogens is 338 g/mol. The van der Waals surface area contributed by atoms with Crippen LogP contribution in [0.15, 0.2) is 29.2 Å². The molecule has 0 atom stereocenters. The van der Waals surface area contributed by atoms with Crippen molar-refractivity contribution >= 4 is 15.9 Å². The van der Waals surface area contributed by atoms with Crippen LogP contribution in [0.3, 0.4) is 0 Å². The van der Waals surface area contributed by atoms with Crippen molar-refractivity contribution in [2.45, 2.75) is 68.8 Å². The Kier molecular flexibility index (Phi) is 5.55. The SMILES string of the molecule is CC(C)(C)NS(=O)(=O)c1ccc(C(=O)NC2(C#N)CCCCC2)cc1. The average molecular weight is 363 g/mol. The molecule has 1 aromatic carbocycles. The summed E-state index contributed by atoms with van der Waals surface area (Å²) in [6.07, 6.45) is 4.22. The minimum Gasteiger partial charge on any atom is -0.334 e. The highest BCUT2D eigenvalue weighted by atomic mass is 32.2. The van der Waals surface area contributed by atoms with Gasteiger partial charge in [0.25, 0.3) is 5.91 Å². The number of nitrogens with zero attached hydrogens (tertiary/aromatic N) is 1. The zero-order valence-corrected chi connectivity index (χ0v) is 15.7. The first-order valence-electron chi connectivity index (χ1n) is 8.45. The lowest BCUT2D eigenvalue weighted by atomic mass is 9.82. The molecular formula is C18H25N3O3S. The van der Waals surface area contributed by atoms with E-state index in [-0.39, 0.29) is 10.8 Å². The Labute approximate surface area is 149 Å². The van der Waals surface area contributed by atoms with Crippen molar-refractivity contribution in [1.29, 1.82) is 5.26 Å². The third kappa shape index (κ3) is 5.03. The number of sulfonamides is 1. The maximum atomic E-state index is 12.4. The van der Waals surface area contributed by atoms with Crippen molar-refractivity contribution in [3.63, 3.8) is 0 Å². The predicted octanol–water partition coefficient (Wildman–Crippen LogP) is 2.72. The number of carbonyl (C=O) groups excluding carboxylic acids is 1. The van der Waals surface area contributed by atoms with Gasteiger partial charge in [0.2, 0.25) is 10.0 Å². The number of amides is 1. The molecule has 0 aromatic heterocycles. The van der Waals surface area contributed by atoms with Gasteiger partial charge < -0.3 is 5.32 Å². The van der Waals surface area contributed by atoms with Gasteiger partial charge in [-0.15, -0.1) is 0 Å². The van der Waals surface area contributed by atoms with Gasteiger partial charge in [-0.2, -0.15) is 5.26 Å². The van der Waals surface area contributed by atoms with E-state index in [4.69, 9.17) is 0 Å². The van der Waals surface area contributed by atoms with E-state index in [0.717, 1.165) is 19.3 Å². The van der Waals surface area contributed by atoms with Gasteiger partial charge in [-0.05, 0) is 57.9 Å². The number of nitriles is 1. The zero-order valence-electron chi connectivity index (χ0n) is 14.9. The van der Waals surface area contributed by atoms with Crippen LogP contribution in [0.5, 0.6) is 0 Å². The number of benzene rings is 1. The molecule has 1 aliphatic rings. The van der Waals surface area contributed by atoms with Gasteiger partial charge in [0, 0.05) is 11.1 Å². The first kappa shape index (κ1) is 19.4. The van der Waals surface area contributed by atoms with Gasteiger partial charge in [0.05, 0.1) is 11.0 Å². The lowest BCUT2D eigenvalue weighted by molar-refractivity contribution is 0.0902. The van der Waals surface area contributed by atoms with E-state index in [2.05, 4.69) is 16.1 Å². The smallest absolute Gasteiger partial charge is 0.252 e. The van der Waals surface area contributed by atoms with Crippen LogP contribution in [0.1, 0.15) is 63.2 Å². The van der Waals surface area contributed by atoms with E-state index >= 15 is 0 Å². The molecule has 0 unspecified atom stereocenters. The standard InChI is InChI=1S/C18H25N3O3S/c1-17(2,3)21-25(23,24)15-9-7-14(8-10-15)16(22)20-18(13-19)11-5-4-6-12-18/h7-10,21H,4-6,11-12H2,1-3H3,(H,20,22). The van der Waals surface area contributed by atoms with Crippen LogP contribution in [0.2, 0.25) is 0 Å². The lowest BCUT2D eigenvalue weighted by Gasteiger charge is -2.31. The van der Waals surface area contributed by atoms with Crippen molar-refractivity contribution in [3.05, 3.63) is 29.8 Å². The summed E-state index contributed by atoms with van der Waals surface area (Å²) in [4.78, 5) is 12.5. The Hall–Kier alpha value is -1.91. The van der Waals surface area contributed by atoms with Crippen LogP contribution in [-0.4, -0.2) is 25.4 Å². The lowest BCUT2D eigenvalue weighted by Crippen LogP contribution is -2.48. The van der Waals surface area contributed by atoms with Crippen molar-refractivity contribution in [2.75, 3.05) is 0 Å². The van der Waals surface area contributed by atoms with E-state index in [1.54, 1.807) is 20.8 Å². The van der Waals surface area contributed by atoms with E-state index < -0.39 is 21.1 Å². The molecule has 25 heavy (non-hydrogen) atoms. The van der Waals surface area contributed by atoms with Gasteiger partial charge in [0.15, 0.2) is 0 Å². The van der Waals surface area contributed by atoms with Gasteiger partial charge in [-0.3, -0.25) is 4.79 Å². The molecule has 0 saturated heterocycles. The van der Waals surface area contributed by atoms with Gasteiger partial charge in [0.1, 0.15) is 5.54 Å². The summed E-state index contributed by atoms with van der Waals surface area (Å²) in [7, 11) is -3.64. The molecule has 1 aromatic rings. The van der Waals surface area contributed by atoms with E-state index in [9.17, 15) is 18.5 Å². The van der Waals surface area contributed by atoms with E-state index in [1.807, 2.05) is 0 Å². The van der Waals surface area contributed by atoms with Crippen LogP contribution >= 0.6 is 0 Å². The molecule has 1 saturated carbocycles. The summed E-state index contributed by atoms with van der Waals surface area (Å²) >= 11 is 0. The topological polar surface area (TPSA) is 99.1 Å². The normalized spacial score (nSPS) is 17.5. The molecule has 2 N–H and O–H groups in total. The second kappa shape index (κ2) is 7.14. The zero-order chi connectivity index (χ0) is 18.7. The molecule has 0 bridgehead atoms. The Bertz CT molecular complexity index is 765. The Morgan fingerprint density at radius 1 is 1.12 bits per heavy atom. The molecule has 0 spiro atoms. The fourth-order valence-electron chi connectivity index (χ4n) is 2.96. The molecule has 136 valence electrons. The highest BCUT2D eigenvalue weighted by Crippen LogP contribution is 2.28. The summed E-state index contributed by atoms with van der Waals surface area (Å²) < 4.78 is 27.1. The summed E-state index contributed by atoms with van der Waals surface area (Å²) in [6.45, 7) is 5.29. The van der Waals surface area contributed by atoms with Crippen LogP contribution in [0.4, 0.5) is 0 Å². The fraction of sp³-hybridized carbons (Fsp3) is 0.556. The first-order valence-corrected chi connectivity index (χ1v) is 9.93. The number of hydrogen-bond donors (Lipinski definition) is 2. The molecule has 0 radical (unpaired) electrons. The third-order valence-corrected chi connectivity index (χ3v) is 5.92. The molecule has 1 amide bonds. The Morgan fingerprint density at radius 3 is 2.16 bits per heavy atom. The highest BCUT2D eigenvalue weighted by molar-refractivity contribution is 7.89. The first-order chi connectivity index (χ1) is 11.6. The van der Waals surface area contributed by atoms with Gasteiger partial charge in [-0.1, -0.05) is 19.3 Å². The number of nitrogens with one attached hydrogen (secondary N) is 2. The number of rotatable bonds is 4. The maximum Gasteiger partial charge on any atom is 0.252 e. The second-order valence-electron chi connectivity index (χ2n) is 7.59. The minimum atomic E-state index is -3.64. The van der Waals surface area contributed by atoms with Gasteiger partial charge >= 0.3 is 0 Å². The Morgan fingerprint density at radius 2 is 1.68 bits per heavy atom. The molecule has 1 aliphatic carbocycles. The van der Waals surface area contributed by atoms with E-state index in [0.29, 0.717) is 18.4 Å². The van der Waals surface area contributed by atoms with Crippen molar-refractivity contribution in [1.82, 2.24) is 10.0 Å². The van der Waals surface area contributed by atoms with Crippen LogP contribution in [0.25, 0.3) is 0 Å². The molecule has 2 rings (SSSR count). The number of carbonyl (C=O) groups is 1. The molecule has 7 heteroatoms. The van der Waals surface area contributed by atoms with Crippen molar-refractivity contribution in [3.8, 4) is 6.07 Å². The maximum absolute atomic E-state index is 12.4. The summed E-state index contributed by atoms with van der Waals surface area (Å²) in [5.41, 5.74) is -1.06. The van der Waals surface area contributed by atoms with Gasteiger partial charge in [-0.25, -0.2) is 13.1 Å². The van der Waals surface area contributed by atoms with E-state index in [1.165, 1.54) is 24.3 Å². The largest absolute Gasteiger partial charge is 0.334 e. The molecule has 0 aliphatic heterocycles. The second-order valence-corrected chi connectivity index (χ2v) is 9.27. The minimum absolute atomic E-state index is 0.103. The monoisotopic (exact) mass is 363 g/mol. The predicted molar refractivity (Wildman–Crippen MR) is 95.4 cm³/mol. The van der Waals surface area contributed by atoms with Crippen molar-refractivity contribution < 1.29 is 13.2 Å².